The van der Waals surface area contributed by atoms with E-state index in [4.69, 9.17) is 5.73 Å². The third-order valence-electron chi connectivity index (χ3n) is 2.75. The highest BCUT2D eigenvalue weighted by atomic mass is 14.9. The van der Waals surface area contributed by atoms with Gasteiger partial charge in [-0.25, -0.2) is 0 Å². The Morgan fingerprint density at radius 2 is 2.00 bits per heavy atom. The molecule has 2 rings (SSSR count). The Hall–Kier alpha value is -1.44. The van der Waals surface area contributed by atoms with Crippen LogP contribution in [0.4, 0.5) is 5.69 Å². The van der Waals surface area contributed by atoms with Crippen LogP contribution in [0.3, 0.4) is 0 Å². The number of nitrogens with two attached hydrogens (primary N) is 1. The highest BCUT2D eigenvalue weighted by Crippen LogP contribution is 2.27. The molecule has 0 fully saturated rings. The summed E-state index contributed by atoms with van der Waals surface area (Å²) in [5.41, 5.74) is 9.34. The number of rotatable bonds is 1. The van der Waals surface area contributed by atoms with Crippen molar-refractivity contribution in [3.05, 3.63) is 30.0 Å². The molecule has 1 heterocycles. The molecule has 0 aliphatic rings. The average Bonchev–Trinajstić information content (AvgIpc) is 2.46. The first-order valence-corrected chi connectivity index (χ1v) is 4.95. The normalized spacial score (nSPS) is 11.4. The molecule has 2 heteroatoms. The van der Waals surface area contributed by atoms with E-state index in [1.54, 1.807) is 0 Å². The Morgan fingerprint density at radius 3 is 2.57 bits per heavy atom. The molecule has 0 unspecified atom stereocenters. The van der Waals surface area contributed by atoms with Crippen molar-refractivity contribution < 1.29 is 0 Å². The van der Waals surface area contributed by atoms with Gasteiger partial charge < -0.3 is 10.3 Å². The first-order valence-electron chi connectivity index (χ1n) is 4.95. The minimum Gasteiger partial charge on any atom is -0.398 e. The molecule has 14 heavy (non-hydrogen) atoms. The minimum absolute atomic E-state index is 0.534. The zero-order valence-electron chi connectivity index (χ0n) is 8.91. The van der Waals surface area contributed by atoms with Gasteiger partial charge in [0, 0.05) is 23.8 Å². The van der Waals surface area contributed by atoms with Crippen molar-refractivity contribution in [2.75, 3.05) is 5.73 Å². The number of benzene rings is 1. The van der Waals surface area contributed by atoms with E-state index in [9.17, 15) is 0 Å². The van der Waals surface area contributed by atoms with E-state index >= 15 is 0 Å². The first kappa shape index (κ1) is 9.13. The van der Waals surface area contributed by atoms with Gasteiger partial charge in [0.05, 0.1) is 5.52 Å². The van der Waals surface area contributed by atoms with Crippen LogP contribution in [0.15, 0.2) is 24.3 Å². The molecule has 0 aliphatic heterocycles. The van der Waals surface area contributed by atoms with Gasteiger partial charge in [0.1, 0.15) is 0 Å². The molecule has 0 spiro atoms. The van der Waals surface area contributed by atoms with Crippen LogP contribution in [0, 0.1) is 0 Å². The lowest BCUT2D eigenvalue weighted by atomic mass is 10.1. The monoisotopic (exact) mass is 188 g/mol. The van der Waals surface area contributed by atoms with Crippen LogP contribution < -0.4 is 5.73 Å². The number of nitrogen functional groups attached to an aromatic ring is 1. The highest BCUT2D eigenvalue weighted by molar-refractivity contribution is 5.92. The van der Waals surface area contributed by atoms with Crippen LogP contribution >= 0.6 is 0 Å². The SMILES string of the molecule is CC(C)c1cc2c(N)cccc2n1C. The molecule has 0 saturated carbocycles. The molecule has 74 valence electrons. The van der Waals surface area contributed by atoms with E-state index < -0.39 is 0 Å². The van der Waals surface area contributed by atoms with Gasteiger partial charge in [0.25, 0.3) is 0 Å². The second kappa shape index (κ2) is 3.05. The third-order valence-corrected chi connectivity index (χ3v) is 2.75. The van der Waals surface area contributed by atoms with Gasteiger partial charge in [-0.3, -0.25) is 0 Å². The summed E-state index contributed by atoms with van der Waals surface area (Å²) >= 11 is 0. The Bertz CT molecular complexity index is 466. The maximum absolute atomic E-state index is 5.93. The maximum atomic E-state index is 5.93. The van der Waals surface area contributed by atoms with E-state index in [-0.39, 0.29) is 0 Å². The summed E-state index contributed by atoms with van der Waals surface area (Å²) in [6.45, 7) is 4.40. The number of aromatic nitrogens is 1. The smallest absolute Gasteiger partial charge is 0.0500 e. The molecular weight excluding hydrogens is 172 g/mol. The lowest BCUT2D eigenvalue weighted by Gasteiger charge is -2.06. The number of hydrogen-bond acceptors (Lipinski definition) is 1. The summed E-state index contributed by atoms with van der Waals surface area (Å²) in [4.78, 5) is 0. The molecule has 0 atom stereocenters. The molecule has 2 nitrogen and oxygen atoms in total. The van der Waals surface area contributed by atoms with Crippen molar-refractivity contribution >= 4 is 16.6 Å². The fourth-order valence-electron chi connectivity index (χ4n) is 1.96. The molecule has 0 bridgehead atoms. The quantitative estimate of drug-likeness (QED) is 0.685. The van der Waals surface area contributed by atoms with Crippen molar-refractivity contribution in [2.24, 2.45) is 7.05 Å². The fourth-order valence-corrected chi connectivity index (χ4v) is 1.96. The molecule has 0 aliphatic carbocycles. The van der Waals surface area contributed by atoms with E-state index in [1.165, 1.54) is 16.6 Å². The molecule has 0 saturated heterocycles. The number of aryl methyl sites for hydroxylation is 1. The van der Waals surface area contributed by atoms with Crippen molar-refractivity contribution in [3.8, 4) is 0 Å². The zero-order chi connectivity index (χ0) is 10.3. The number of anilines is 1. The van der Waals surface area contributed by atoms with Crippen LogP contribution in [-0.2, 0) is 7.05 Å². The molecule has 1 aromatic heterocycles. The summed E-state index contributed by atoms with van der Waals surface area (Å²) < 4.78 is 2.22. The molecule has 0 radical (unpaired) electrons. The maximum Gasteiger partial charge on any atom is 0.0500 e. The summed E-state index contributed by atoms with van der Waals surface area (Å²) in [6, 6.07) is 8.25. The second-order valence-corrected chi connectivity index (χ2v) is 4.06. The Morgan fingerprint density at radius 1 is 1.29 bits per heavy atom. The van der Waals surface area contributed by atoms with Crippen LogP contribution in [0.5, 0.6) is 0 Å². The Kier molecular flexibility index (Phi) is 1.99. The van der Waals surface area contributed by atoms with Crippen LogP contribution in [0.25, 0.3) is 10.9 Å². The fraction of sp³-hybridized carbons (Fsp3) is 0.333. The van der Waals surface area contributed by atoms with Gasteiger partial charge in [0.2, 0.25) is 0 Å². The summed E-state index contributed by atoms with van der Waals surface area (Å²) in [5.74, 6) is 0.534. The summed E-state index contributed by atoms with van der Waals surface area (Å²) in [7, 11) is 2.09. The molecule has 2 N–H and O–H groups in total. The molecular formula is C12H16N2. The predicted molar refractivity (Wildman–Crippen MR) is 61.4 cm³/mol. The Balaban J connectivity index is 2.80. The van der Waals surface area contributed by atoms with Gasteiger partial charge in [-0.05, 0) is 24.1 Å². The molecule has 1 aromatic carbocycles. The standard InChI is InChI=1S/C12H16N2/c1-8(2)12-7-9-10(13)5-4-6-11(9)14(12)3/h4-8H,13H2,1-3H3. The zero-order valence-corrected chi connectivity index (χ0v) is 8.91. The average molecular weight is 188 g/mol. The van der Waals surface area contributed by atoms with E-state index in [0.29, 0.717) is 5.92 Å². The number of fused-ring (bicyclic) bond motifs is 1. The Labute approximate surface area is 84.3 Å². The van der Waals surface area contributed by atoms with Gasteiger partial charge >= 0.3 is 0 Å². The molecule has 0 amide bonds. The van der Waals surface area contributed by atoms with Crippen LogP contribution in [0.2, 0.25) is 0 Å². The van der Waals surface area contributed by atoms with Crippen molar-refractivity contribution in [2.45, 2.75) is 19.8 Å². The minimum atomic E-state index is 0.534. The third kappa shape index (κ3) is 1.18. The van der Waals surface area contributed by atoms with Crippen LogP contribution in [-0.4, -0.2) is 4.57 Å². The topological polar surface area (TPSA) is 30.9 Å². The summed E-state index contributed by atoms with van der Waals surface area (Å²) in [6.07, 6.45) is 0. The van der Waals surface area contributed by atoms with Gasteiger partial charge in [-0.2, -0.15) is 0 Å². The lowest BCUT2D eigenvalue weighted by Crippen LogP contribution is -1.97. The first-order chi connectivity index (χ1) is 6.61. The number of hydrogen-bond donors (Lipinski definition) is 1. The van der Waals surface area contributed by atoms with Gasteiger partial charge in [-0.1, -0.05) is 19.9 Å². The van der Waals surface area contributed by atoms with Crippen LogP contribution in [0.1, 0.15) is 25.5 Å². The van der Waals surface area contributed by atoms with Crippen molar-refractivity contribution in [1.82, 2.24) is 4.57 Å². The largest absolute Gasteiger partial charge is 0.398 e. The van der Waals surface area contributed by atoms with E-state index in [1.807, 2.05) is 12.1 Å². The van der Waals surface area contributed by atoms with E-state index in [2.05, 4.69) is 37.6 Å². The predicted octanol–water partition coefficient (Wildman–Crippen LogP) is 2.88. The van der Waals surface area contributed by atoms with Gasteiger partial charge in [0.15, 0.2) is 0 Å². The highest BCUT2D eigenvalue weighted by Gasteiger charge is 2.09. The molecule has 2 aromatic rings. The second-order valence-electron chi connectivity index (χ2n) is 4.06. The van der Waals surface area contributed by atoms with Crippen molar-refractivity contribution in [1.29, 1.82) is 0 Å². The van der Waals surface area contributed by atoms with E-state index in [0.717, 1.165) is 5.69 Å². The number of nitrogens with zero attached hydrogens (tertiary/aromatic N) is 1. The van der Waals surface area contributed by atoms with Gasteiger partial charge in [-0.15, -0.1) is 0 Å². The summed E-state index contributed by atoms with van der Waals surface area (Å²) in [5, 5.41) is 1.17. The van der Waals surface area contributed by atoms with Crippen molar-refractivity contribution in [3.63, 3.8) is 0 Å². The lowest BCUT2D eigenvalue weighted by molar-refractivity contribution is 0.755.